The molecule has 2 aliphatic heterocycles. The fourth-order valence-electron chi connectivity index (χ4n) is 3.53. The Balaban J connectivity index is 1.79. The second-order valence-corrected chi connectivity index (χ2v) is 6.04. The lowest BCUT2D eigenvalue weighted by Gasteiger charge is -2.26. The van der Waals surface area contributed by atoms with Gasteiger partial charge in [0.2, 0.25) is 0 Å². The SMILES string of the molecule is COc1ccc(C(=O)N2CCC3CCC(C2)N3C)c(N)c1. The van der Waals surface area contributed by atoms with Crippen LogP contribution in [0.4, 0.5) is 5.69 Å². The Hall–Kier alpha value is -1.75. The van der Waals surface area contributed by atoms with Crippen molar-refractivity contribution in [3.63, 3.8) is 0 Å². The Kier molecular flexibility index (Phi) is 3.76. The molecule has 2 bridgehead atoms. The highest BCUT2D eigenvalue weighted by atomic mass is 16.5. The minimum atomic E-state index is 0.0381. The van der Waals surface area contributed by atoms with E-state index in [1.165, 1.54) is 12.8 Å². The highest BCUT2D eigenvalue weighted by Crippen LogP contribution is 2.30. The Bertz CT molecular complexity index is 546. The Labute approximate surface area is 125 Å². The summed E-state index contributed by atoms with van der Waals surface area (Å²) in [5.74, 6) is 0.717. The van der Waals surface area contributed by atoms with E-state index >= 15 is 0 Å². The lowest BCUT2D eigenvalue weighted by atomic mass is 10.1. The van der Waals surface area contributed by atoms with E-state index in [1.54, 1.807) is 25.3 Å². The van der Waals surface area contributed by atoms with Gasteiger partial charge >= 0.3 is 0 Å². The molecule has 5 nitrogen and oxygen atoms in total. The zero-order chi connectivity index (χ0) is 15.0. The van der Waals surface area contributed by atoms with Gasteiger partial charge in [0.1, 0.15) is 5.75 Å². The highest BCUT2D eigenvalue weighted by molar-refractivity contribution is 5.99. The summed E-state index contributed by atoms with van der Waals surface area (Å²) in [7, 11) is 3.77. The molecule has 1 aromatic rings. The van der Waals surface area contributed by atoms with Gasteiger partial charge in [0.15, 0.2) is 0 Å². The minimum absolute atomic E-state index is 0.0381. The molecular weight excluding hydrogens is 266 g/mol. The normalized spacial score (nSPS) is 25.7. The van der Waals surface area contributed by atoms with Crippen LogP contribution in [0.15, 0.2) is 18.2 Å². The number of likely N-dealkylation sites (N-methyl/N-ethyl adjacent to an activating group) is 1. The molecule has 2 atom stereocenters. The minimum Gasteiger partial charge on any atom is -0.497 e. The molecule has 1 aromatic carbocycles. The van der Waals surface area contributed by atoms with Crippen molar-refractivity contribution in [2.45, 2.75) is 31.3 Å². The molecule has 21 heavy (non-hydrogen) atoms. The van der Waals surface area contributed by atoms with Crippen molar-refractivity contribution in [1.29, 1.82) is 0 Å². The Morgan fingerprint density at radius 3 is 2.76 bits per heavy atom. The zero-order valence-corrected chi connectivity index (χ0v) is 12.7. The molecule has 0 aliphatic carbocycles. The van der Waals surface area contributed by atoms with Crippen molar-refractivity contribution in [1.82, 2.24) is 9.80 Å². The van der Waals surface area contributed by atoms with Crippen LogP contribution in [0.3, 0.4) is 0 Å². The molecule has 5 heteroatoms. The largest absolute Gasteiger partial charge is 0.497 e. The average molecular weight is 289 g/mol. The standard InChI is InChI=1S/C16H23N3O2/c1-18-11-3-4-12(18)10-19(8-7-11)16(20)14-6-5-13(21-2)9-15(14)17/h5-6,9,11-12H,3-4,7-8,10,17H2,1-2H3. The summed E-state index contributed by atoms with van der Waals surface area (Å²) >= 11 is 0. The van der Waals surface area contributed by atoms with E-state index in [-0.39, 0.29) is 5.91 Å². The van der Waals surface area contributed by atoms with Gasteiger partial charge < -0.3 is 15.4 Å². The van der Waals surface area contributed by atoms with Crippen LogP contribution >= 0.6 is 0 Å². The number of hydrogen-bond acceptors (Lipinski definition) is 4. The number of nitrogens with two attached hydrogens (primary N) is 1. The number of rotatable bonds is 2. The van der Waals surface area contributed by atoms with E-state index < -0.39 is 0 Å². The average Bonchev–Trinajstić information content (AvgIpc) is 2.71. The first-order valence-corrected chi connectivity index (χ1v) is 7.55. The fourth-order valence-corrected chi connectivity index (χ4v) is 3.53. The first-order chi connectivity index (χ1) is 10.1. The second-order valence-electron chi connectivity index (χ2n) is 6.04. The topological polar surface area (TPSA) is 58.8 Å². The van der Waals surface area contributed by atoms with Gasteiger partial charge in [-0.05, 0) is 38.4 Å². The van der Waals surface area contributed by atoms with E-state index in [2.05, 4.69) is 11.9 Å². The third-order valence-corrected chi connectivity index (χ3v) is 4.92. The lowest BCUT2D eigenvalue weighted by Crippen LogP contribution is -2.39. The number of nitrogens with zero attached hydrogens (tertiary/aromatic N) is 2. The molecule has 114 valence electrons. The Morgan fingerprint density at radius 2 is 2.05 bits per heavy atom. The van der Waals surface area contributed by atoms with Crippen LogP contribution < -0.4 is 10.5 Å². The van der Waals surface area contributed by atoms with Crippen molar-refractivity contribution in [2.24, 2.45) is 0 Å². The number of nitrogen functional groups attached to an aromatic ring is 1. The van der Waals surface area contributed by atoms with E-state index in [4.69, 9.17) is 10.5 Å². The number of benzene rings is 1. The number of fused-ring (bicyclic) bond motifs is 2. The van der Waals surface area contributed by atoms with Crippen LogP contribution in [0, 0.1) is 0 Å². The van der Waals surface area contributed by atoms with Crippen molar-refractivity contribution in [3.8, 4) is 5.75 Å². The molecule has 2 fully saturated rings. The van der Waals surface area contributed by atoms with Gasteiger partial charge in [0.25, 0.3) is 5.91 Å². The van der Waals surface area contributed by atoms with Gasteiger partial charge in [-0.25, -0.2) is 0 Å². The van der Waals surface area contributed by atoms with Gasteiger partial charge in [-0.1, -0.05) is 0 Å². The first-order valence-electron chi connectivity index (χ1n) is 7.55. The maximum absolute atomic E-state index is 12.7. The lowest BCUT2D eigenvalue weighted by molar-refractivity contribution is 0.0741. The van der Waals surface area contributed by atoms with Crippen LogP contribution in [0.2, 0.25) is 0 Å². The summed E-state index contributed by atoms with van der Waals surface area (Å²) in [5.41, 5.74) is 7.08. The molecule has 2 saturated heterocycles. The molecule has 0 spiro atoms. The zero-order valence-electron chi connectivity index (χ0n) is 12.7. The van der Waals surface area contributed by atoms with Gasteiger partial charge in [-0.3, -0.25) is 9.69 Å². The monoisotopic (exact) mass is 289 g/mol. The number of amides is 1. The molecule has 0 aromatic heterocycles. The molecule has 2 aliphatic rings. The predicted octanol–water partition coefficient (Wildman–Crippen LogP) is 1.59. The highest BCUT2D eigenvalue weighted by Gasteiger charge is 2.36. The van der Waals surface area contributed by atoms with E-state index in [0.29, 0.717) is 29.1 Å². The number of carbonyl (C=O) groups excluding carboxylic acids is 1. The maximum Gasteiger partial charge on any atom is 0.256 e. The van der Waals surface area contributed by atoms with Crippen LogP contribution in [0.5, 0.6) is 5.75 Å². The molecule has 3 rings (SSSR count). The summed E-state index contributed by atoms with van der Waals surface area (Å²) < 4.78 is 5.14. The smallest absolute Gasteiger partial charge is 0.256 e. The molecule has 2 heterocycles. The number of methoxy groups -OCH3 is 1. The van der Waals surface area contributed by atoms with E-state index in [0.717, 1.165) is 19.5 Å². The molecule has 0 radical (unpaired) electrons. The van der Waals surface area contributed by atoms with Crippen molar-refractivity contribution < 1.29 is 9.53 Å². The number of hydrogen-bond donors (Lipinski definition) is 1. The van der Waals surface area contributed by atoms with Crippen LogP contribution in [0.25, 0.3) is 0 Å². The van der Waals surface area contributed by atoms with E-state index in [9.17, 15) is 4.79 Å². The fraction of sp³-hybridized carbons (Fsp3) is 0.562. The summed E-state index contributed by atoms with van der Waals surface area (Å²) in [6.45, 7) is 1.62. The number of carbonyl (C=O) groups is 1. The predicted molar refractivity (Wildman–Crippen MR) is 82.5 cm³/mol. The molecule has 2 unspecified atom stereocenters. The summed E-state index contributed by atoms with van der Waals surface area (Å²) in [5, 5.41) is 0. The molecule has 0 saturated carbocycles. The molecule has 2 N–H and O–H groups in total. The van der Waals surface area contributed by atoms with Crippen LogP contribution in [-0.4, -0.2) is 55.0 Å². The molecule has 1 amide bonds. The number of ether oxygens (including phenoxy) is 1. The third kappa shape index (κ3) is 2.58. The van der Waals surface area contributed by atoms with Gasteiger partial charge in [-0.15, -0.1) is 0 Å². The van der Waals surface area contributed by atoms with Crippen molar-refractivity contribution >= 4 is 11.6 Å². The maximum atomic E-state index is 12.7. The van der Waals surface area contributed by atoms with Gasteiger partial charge in [-0.2, -0.15) is 0 Å². The first kappa shape index (κ1) is 14.2. The van der Waals surface area contributed by atoms with Crippen LogP contribution in [-0.2, 0) is 0 Å². The summed E-state index contributed by atoms with van der Waals surface area (Å²) in [6.07, 6.45) is 3.49. The van der Waals surface area contributed by atoms with E-state index in [1.807, 2.05) is 4.90 Å². The molecular formula is C16H23N3O2. The third-order valence-electron chi connectivity index (χ3n) is 4.92. The number of likely N-dealkylation sites (tertiary alicyclic amines) is 1. The van der Waals surface area contributed by atoms with Crippen LogP contribution in [0.1, 0.15) is 29.6 Å². The number of anilines is 1. The van der Waals surface area contributed by atoms with Crippen molar-refractivity contribution in [3.05, 3.63) is 23.8 Å². The summed E-state index contributed by atoms with van der Waals surface area (Å²) in [4.78, 5) is 17.1. The second kappa shape index (κ2) is 5.56. The van der Waals surface area contributed by atoms with Gasteiger partial charge in [0, 0.05) is 36.9 Å². The van der Waals surface area contributed by atoms with Crippen molar-refractivity contribution in [2.75, 3.05) is 33.0 Å². The summed E-state index contributed by atoms with van der Waals surface area (Å²) in [6, 6.07) is 6.38. The van der Waals surface area contributed by atoms with Gasteiger partial charge in [0.05, 0.1) is 12.7 Å². The quantitative estimate of drug-likeness (QED) is 0.840. The Morgan fingerprint density at radius 1 is 1.29 bits per heavy atom.